The first-order chi connectivity index (χ1) is 11.6. The van der Waals surface area contributed by atoms with Gasteiger partial charge in [-0.15, -0.1) is 0 Å². The smallest absolute Gasteiger partial charge is 0.141 e. The molecule has 0 spiro atoms. The minimum absolute atomic E-state index is 0.0275. The number of nitrogens with one attached hydrogen (secondary N) is 2. The number of H-pyrrole nitrogens is 1. The van der Waals surface area contributed by atoms with Crippen molar-refractivity contribution < 1.29 is 5.11 Å². The van der Waals surface area contributed by atoms with Crippen molar-refractivity contribution in [3.63, 3.8) is 0 Å². The highest BCUT2D eigenvalue weighted by molar-refractivity contribution is 5.97. The molecule has 5 N–H and O–H groups in total. The third-order valence-electron chi connectivity index (χ3n) is 3.95. The number of pyridine rings is 1. The maximum absolute atomic E-state index is 9.94. The highest BCUT2D eigenvalue weighted by atomic mass is 16.3. The number of phenols is 1. The molecule has 6 heteroatoms. The number of benzene rings is 2. The molecule has 0 aliphatic heterocycles. The topological polar surface area (TPSA) is 112 Å². The largest absolute Gasteiger partial charge is 0.506 e. The second-order valence-corrected chi connectivity index (χ2v) is 5.66. The van der Waals surface area contributed by atoms with Crippen molar-refractivity contribution in [3.8, 4) is 5.75 Å². The van der Waals surface area contributed by atoms with E-state index in [0.717, 1.165) is 27.9 Å². The molecule has 0 aliphatic carbocycles. The normalized spacial score (nSPS) is 11.2. The Morgan fingerprint density at radius 3 is 2.83 bits per heavy atom. The molecule has 2 aromatic heterocycles. The van der Waals surface area contributed by atoms with Crippen LogP contribution in [0.4, 0.5) is 0 Å². The number of phenolic OH excluding ortho intramolecular Hbond substituents is 1. The summed E-state index contributed by atoms with van der Waals surface area (Å²) in [4.78, 5) is 12.3. The van der Waals surface area contributed by atoms with Gasteiger partial charge in [0.2, 0.25) is 0 Å². The first-order valence-corrected chi connectivity index (χ1v) is 7.51. The number of rotatable bonds is 3. The van der Waals surface area contributed by atoms with Crippen LogP contribution in [0.1, 0.15) is 17.1 Å². The van der Waals surface area contributed by atoms with Gasteiger partial charge in [0.1, 0.15) is 22.9 Å². The number of fused-ring (bicyclic) bond motifs is 2. The molecule has 0 aliphatic rings. The third kappa shape index (κ3) is 2.44. The SMILES string of the molecule is N=C(N)c1ccc2nc(Cc3ccc4cccc(O)c4n3)[nH]c2c1. The van der Waals surface area contributed by atoms with E-state index in [2.05, 4.69) is 15.0 Å². The van der Waals surface area contributed by atoms with Gasteiger partial charge in [0.05, 0.1) is 11.0 Å². The molecule has 6 nitrogen and oxygen atoms in total. The molecule has 118 valence electrons. The fourth-order valence-corrected chi connectivity index (χ4v) is 2.76. The van der Waals surface area contributed by atoms with Gasteiger partial charge in [-0.25, -0.2) is 9.97 Å². The van der Waals surface area contributed by atoms with E-state index in [4.69, 9.17) is 11.1 Å². The van der Waals surface area contributed by atoms with Crippen LogP contribution in [-0.4, -0.2) is 25.9 Å². The Morgan fingerprint density at radius 2 is 2.00 bits per heavy atom. The average molecular weight is 317 g/mol. The number of hydrogen-bond acceptors (Lipinski definition) is 4. The lowest BCUT2D eigenvalue weighted by Crippen LogP contribution is -2.10. The first-order valence-electron chi connectivity index (χ1n) is 7.51. The summed E-state index contributed by atoms with van der Waals surface area (Å²) >= 11 is 0. The van der Waals surface area contributed by atoms with Gasteiger partial charge in [0.15, 0.2) is 0 Å². The molecule has 0 saturated carbocycles. The van der Waals surface area contributed by atoms with Crippen LogP contribution in [0.15, 0.2) is 48.5 Å². The zero-order valence-corrected chi connectivity index (χ0v) is 12.7. The maximum atomic E-state index is 9.94. The van der Waals surface area contributed by atoms with Crippen LogP contribution in [0.3, 0.4) is 0 Å². The number of amidine groups is 1. The summed E-state index contributed by atoms with van der Waals surface area (Å²) in [5, 5.41) is 18.3. The van der Waals surface area contributed by atoms with Gasteiger partial charge in [0, 0.05) is 23.1 Å². The molecule has 0 unspecified atom stereocenters. The Morgan fingerprint density at radius 1 is 1.12 bits per heavy atom. The summed E-state index contributed by atoms with van der Waals surface area (Å²) < 4.78 is 0. The van der Waals surface area contributed by atoms with E-state index in [-0.39, 0.29) is 11.6 Å². The number of para-hydroxylation sites is 1. The predicted octanol–water partition coefficient (Wildman–Crippen LogP) is 2.69. The van der Waals surface area contributed by atoms with Crippen molar-refractivity contribution >= 4 is 27.8 Å². The molecule has 2 aromatic carbocycles. The Hall–Kier alpha value is -3.41. The van der Waals surface area contributed by atoms with E-state index >= 15 is 0 Å². The Kier molecular flexibility index (Phi) is 3.16. The van der Waals surface area contributed by atoms with Gasteiger partial charge < -0.3 is 15.8 Å². The van der Waals surface area contributed by atoms with E-state index in [0.29, 0.717) is 17.5 Å². The van der Waals surface area contributed by atoms with Crippen LogP contribution in [0, 0.1) is 5.41 Å². The van der Waals surface area contributed by atoms with Crippen LogP contribution in [0.5, 0.6) is 5.75 Å². The van der Waals surface area contributed by atoms with Gasteiger partial charge in [-0.2, -0.15) is 0 Å². The Labute approximate surface area is 137 Å². The summed E-state index contributed by atoms with van der Waals surface area (Å²) in [6.45, 7) is 0. The fraction of sp³-hybridized carbons (Fsp3) is 0.0556. The summed E-state index contributed by atoms with van der Waals surface area (Å²) in [6.07, 6.45) is 0.522. The van der Waals surface area contributed by atoms with Gasteiger partial charge in [-0.1, -0.05) is 18.2 Å². The van der Waals surface area contributed by atoms with Gasteiger partial charge >= 0.3 is 0 Å². The molecule has 0 fully saturated rings. The second kappa shape index (κ2) is 5.34. The van der Waals surface area contributed by atoms with Crippen LogP contribution in [0.25, 0.3) is 21.9 Å². The zero-order chi connectivity index (χ0) is 16.7. The molecule has 0 bridgehead atoms. The van der Waals surface area contributed by atoms with Gasteiger partial charge in [0.25, 0.3) is 0 Å². The number of nitrogens with two attached hydrogens (primary N) is 1. The third-order valence-corrected chi connectivity index (χ3v) is 3.95. The van der Waals surface area contributed by atoms with Crippen molar-refractivity contribution in [2.45, 2.75) is 6.42 Å². The second-order valence-electron chi connectivity index (χ2n) is 5.66. The lowest BCUT2D eigenvalue weighted by atomic mass is 10.1. The van der Waals surface area contributed by atoms with E-state index in [1.54, 1.807) is 18.2 Å². The quantitative estimate of drug-likeness (QED) is 0.344. The maximum Gasteiger partial charge on any atom is 0.141 e. The molecule has 0 amide bonds. The number of hydrogen-bond donors (Lipinski definition) is 4. The lowest BCUT2D eigenvalue weighted by molar-refractivity contribution is 0.480. The summed E-state index contributed by atoms with van der Waals surface area (Å²) in [6, 6.07) is 14.6. The number of aromatic amines is 1. The minimum Gasteiger partial charge on any atom is -0.506 e. The van der Waals surface area contributed by atoms with Gasteiger partial charge in [-0.3, -0.25) is 5.41 Å². The van der Waals surface area contributed by atoms with Crippen LogP contribution in [0.2, 0.25) is 0 Å². The molecule has 0 radical (unpaired) electrons. The number of nitrogens with zero attached hydrogens (tertiary/aromatic N) is 2. The van der Waals surface area contributed by atoms with E-state index in [9.17, 15) is 5.11 Å². The number of aromatic hydroxyl groups is 1. The molecular formula is C18H15N5O. The van der Waals surface area contributed by atoms with Gasteiger partial charge in [-0.05, 0) is 30.3 Å². The molecule has 4 rings (SSSR count). The monoisotopic (exact) mass is 317 g/mol. The predicted molar refractivity (Wildman–Crippen MR) is 93.3 cm³/mol. The van der Waals surface area contributed by atoms with Crippen LogP contribution < -0.4 is 5.73 Å². The van der Waals surface area contributed by atoms with Crippen molar-refractivity contribution in [1.82, 2.24) is 15.0 Å². The van der Waals surface area contributed by atoms with Crippen molar-refractivity contribution in [2.75, 3.05) is 0 Å². The summed E-state index contributed by atoms with van der Waals surface area (Å²) in [5.74, 6) is 0.970. The highest BCUT2D eigenvalue weighted by Crippen LogP contribution is 2.23. The summed E-state index contributed by atoms with van der Waals surface area (Å²) in [7, 11) is 0. The van der Waals surface area contributed by atoms with Crippen LogP contribution >= 0.6 is 0 Å². The molecule has 0 atom stereocenters. The van der Waals surface area contributed by atoms with E-state index in [1.165, 1.54) is 0 Å². The van der Waals surface area contributed by atoms with Crippen LogP contribution in [-0.2, 0) is 6.42 Å². The number of aromatic nitrogens is 3. The fourth-order valence-electron chi connectivity index (χ4n) is 2.76. The minimum atomic E-state index is 0.0275. The van der Waals surface area contributed by atoms with E-state index < -0.39 is 0 Å². The molecule has 4 aromatic rings. The standard InChI is InChI=1S/C18H15N5O/c19-18(20)11-5-7-13-14(8-11)23-16(22-13)9-12-6-4-10-2-1-3-15(24)17(10)21-12/h1-8,24H,9H2,(H3,19,20)(H,22,23). The molecule has 0 saturated heterocycles. The van der Waals surface area contributed by atoms with E-state index in [1.807, 2.05) is 30.3 Å². The summed E-state index contributed by atoms with van der Waals surface area (Å²) in [5.41, 5.74) is 9.23. The van der Waals surface area contributed by atoms with Crippen molar-refractivity contribution in [2.24, 2.45) is 5.73 Å². The number of imidazole rings is 1. The lowest BCUT2D eigenvalue weighted by Gasteiger charge is -2.03. The number of nitrogen functional groups attached to an aromatic ring is 1. The average Bonchev–Trinajstić information content (AvgIpc) is 2.97. The Balaban J connectivity index is 1.71. The van der Waals surface area contributed by atoms with Crippen molar-refractivity contribution in [3.05, 3.63) is 65.6 Å². The Bertz CT molecular complexity index is 1080. The molecular weight excluding hydrogens is 302 g/mol. The molecule has 24 heavy (non-hydrogen) atoms. The van der Waals surface area contributed by atoms with Crippen molar-refractivity contribution in [1.29, 1.82) is 5.41 Å². The molecule has 2 heterocycles. The first kappa shape index (κ1) is 14.2. The zero-order valence-electron chi connectivity index (χ0n) is 12.7. The highest BCUT2D eigenvalue weighted by Gasteiger charge is 2.08.